The van der Waals surface area contributed by atoms with E-state index in [0.717, 1.165) is 23.5 Å². The quantitative estimate of drug-likeness (QED) is 0.895. The Bertz CT molecular complexity index is 426. The standard InChI is InChI=1S/C14H20O4/c1-14(2,9-15)12-10(16-3)5-6-11-13(12)18-8-4-7-17-11/h5-6,15H,4,7-9H2,1-3H3. The topological polar surface area (TPSA) is 47.9 Å². The van der Waals surface area contributed by atoms with Crippen molar-refractivity contribution in [2.75, 3.05) is 26.9 Å². The Morgan fingerprint density at radius 1 is 1.28 bits per heavy atom. The molecule has 0 aliphatic carbocycles. The summed E-state index contributed by atoms with van der Waals surface area (Å²) in [6.45, 7) is 5.20. The molecule has 4 heteroatoms. The normalized spacial score (nSPS) is 15.1. The third-order valence-corrected chi connectivity index (χ3v) is 3.17. The Kier molecular flexibility index (Phi) is 3.66. The Morgan fingerprint density at radius 3 is 2.67 bits per heavy atom. The van der Waals surface area contributed by atoms with Crippen LogP contribution in [0.2, 0.25) is 0 Å². The summed E-state index contributed by atoms with van der Waals surface area (Å²) in [7, 11) is 1.62. The zero-order valence-corrected chi connectivity index (χ0v) is 11.2. The smallest absolute Gasteiger partial charge is 0.168 e. The number of benzene rings is 1. The first-order valence-electron chi connectivity index (χ1n) is 6.18. The number of fused-ring (bicyclic) bond motifs is 1. The molecule has 0 unspecified atom stereocenters. The van der Waals surface area contributed by atoms with Crippen LogP contribution in [0.25, 0.3) is 0 Å². The van der Waals surface area contributed by atoms with Crippen LogP contribution in [0.5, 0.6) is 17.2 Å². The Morgan fingerprint density at radius 2 is 2.00 bits per heavy atom. The van der Waals surface area contributed by atoms with Crippen LogP contribution in [-0.4, -0.2) is 32.0 Å². The van der Waals surface area contributed by atoms with E-state index in [4.69, 9.17) is 14.2 Å². The van der Waals surface area contributed by atoms with Crippen LogP contribution in [-0.2, 0) is 5.41 Å². The number of hydrogen-bond acceptors (Lipinski definition) is 4. The monoisotopic (exact) mass is 252 g/mol. The highest BCUT2D eigenvalue weighted by molar-refractivity contribution is 5.57. The first-order valence-corrected chi connectivity index (χ1v) is 6.18. The maximum absolute atomic E-state index is 9.59. The van der Waals surface area contributed by atoms with E-state index in [-0.39, 0.29) is 6.61 Å². The number of hydrogen-bond donors (Lipinski definition) is 1. The van der Waals surface area contributed by atoms with Gasteiger partial charge in [0.2, 0.25) is 0 Å². The van der Waals surface area contributed by atoms with Crippen molar-refractivity contribution in [1.82, 2.24) is 0 Å². The second kappa shape index (κ2) is 5.06. The fourth-order valence-corrected chi connectivity index (χ4v) is 2.11. The molecule has 18 heavy (non-hydrogen) atoms. The Labute approximate surface area is 107 Å². The van der Waals surface area contributed by atoms with E-state index in [1.165, 1.54) is 0 Å². The summed E-state index contributed by atoms with van der Waals surface area (Å²) in [5, 5.41) is 9.59. The summed E-state index contributed by atoms with van der Waals surface area (Å²) in [5.74, 6) is 2.15. The highest BCUT2D eigenvalue weighted by atomic mass is 16.5. The van der Waals surface area contributed by atoms with Gasteiger partial charge < -0.3 is 19.3 Å². The van der Waals surface area contributed by atoms with Gasteiger partial charge >= 0.3 is 0 Å². The summed E-state index contributed by atoms with van der Waals surface area (Å²) < 4.78 is 16.9. The van der Waals surface area contributed by atoms with Crippen molar-refractivity contribution in [3.63, 3.8) is 0 Å². The summed E-state index contributed by atoms with van der Waals surface area (Å²) in [6, 6.07) is 3.72. The molecule has 100 valence electrons. The molecule has 1 aromatic carbocycles. The van der Waals surface area contributed by atoms with Gasteiger partial charge in [-0.3, -0.25) is 0 Å². The van der Waals surface area contributed by atoms with Crippen LogP contribution in [0.15, 0.2) is 12.1 Å². The average Bonchev–Trinajstić information content (AvgIpc) is 2.62. The van der Waals surface area contributed by atoms with E-state index in [2.05, 4.69) is 0 Å². The molecule has 0 bridgehead atoms. The van der Waals surface area contributed by atoms with Gasteiger partial charge in [-0.25, -0.2) is 0 Å². The first-order chi connectivity index (χ1) is 8.60. The maximum Gasteiger partial charge on any atom is 0.168 e. The third kappa shape index (κ3) is 2.25. The van der Waals surface area contributed by atoms with Gasteiger partial charge in [0.05, 0.1) is 26.9 Å². The van der Waals surface area contributed by atoms with Gasteiger partial charge in [-0.2, -0.15) is 0 Å². The lowest BCUT2D eigenvalue weighted by Gasteiger charge is -2.27. The fraction of sp³-hybridized carbons (Fsp3) is 0.571. The van der Waals surface area contributed by atoms with E-state index in [0.29, 0.717) is 19.0 Å². The number of rotatable bonds is 3. The fourth-order valence-electron chi connectivity index (χ4n) is 2.11. The molecule has 0 saturated carbocycles. The van der Waals surface area contributed by atoms with Crippen molar-refractivity contribution in [3.05, 3.63) is 17.7 Å². The van der Waals surface area contributed by atoms with Gasteiger partial charge in [0.25, 0.3) is 0 Å². The van der Waals surface area contributed by atoms with Crippen molar-refractivity contribution < 1.29 is 19.3 Å². The lowest BCUT2D eigenvalue weighted by atomic mass is 9.84. The molecule has 0 aromatic heterocycles. The molecule has 0 amide bonds. The minimum absolute atomic E-state index is 0.0170. The highest BCUT2D eigenvalue weighted by Gasteiger charge is 2.31. The predicted molar refractivity (Wildman–Crippen MR) is 68.7 cm³/mol. The zero-order valence-electron chi connectivity index (χ0n) is 11.2. The van der Waals surface area contributed by atoms with Gasteiger partial charge in [0, 0.05) is 17.4 Å². The highest BCUT2D eigenvalue weighted by Crippen LogP contribution is 2.45. The zero-order chi connectivity index (χ0) is 13.2. The van der Waals surface area contributed by atoms with Gasteiger partial charge in [-0.05, 0) is 12.1 Å². The van der Waals surface area contributed by atoms with Crippen molar-refractivity contribution in [2.24, 2.45) is 0 Å². The van der Waals surface area contributed by atoms with E-state index in [9.17, 15) is 5.11 Å². The molecule has 1 aromatic rings. The molecular formula is C14H20O4. The lowest BCUT2D eigenvalue weighted by molar-refractivity contribution is 0.208. The maximum atomic E-state index is 9.59. The van der Waals surface area contributed by atoms with E-state index in [1.54, 1.807) is 7.11 Å². The lowest BCUT2D eigenvalue weighted by Crippen LogP contribution is -2.24. The van der Waals surface area contributed by atoms with Gasteiger partial charge in [0.15, 0.2) is 11.5 Å². The molecule has 0 fully saturated rings. The van der Waals surface area contributed by atoms with Crippen molar-refractivity contribution in [2.45, 2.75) is 25.7 Å². The van der Waals surface area contributed by atoms with Crippen LogP contribution in [0, 0.1) is 0 Å². The molecule has 4 nitrogen and oxygen atoms in total. The molecule has 1 aliphatic heterocycles. The molecule has 0 atom stereocenters. The first kappa shape index (κ1) is 13.0. The van der Waals surface area contributed by atoms with E-state index < -0.39 is 5.41 Å². The molecule has 1 N–H and O–H groups in total. The van der Waals surface area contributed by atoms with Crippen LogP contribution in [0.1, 0.15) is 25.8 Å². The Hall–Kier alpha value is -1.42. The number of aliphatic hydroxyl groups is 1. The van der Waals surface area contributed by atoms with Gasteiger partial charge in [-0.1, -0.05) is 13.8 Å². The summed E-state index contributed by atoms with van der Waals surface area (Å²) in [5.41, 5.74) is 0.427. The minimum Gasteiger partial charge on any atom is -0.496 e. The molecule has 0 spiro atoms. The largest absolute Gasteiger partial charge is 0.496 e. The summed E-state index contributed by atoms with van der Waals surface area (Å²) >= 11 is 0. The molecule has 0 radical (unpaired) electrons. The summed E-state index contributed by atoms with van der Waals surface area (Å²) in [4.78, 5) is 0. The van der Waals surface area contributed by atoms with Crippen molar-refractivity contribution >= 4 is 0 Å². The van der Waals surface area contributed by atoms with Gasteiger partial charge in [-0.15, -0.1) is 0 Å². The van der Waals surface area contributed by atoms with E-state index in [1.807, 2.05) is 26.0 Å². The summed E-state index contributed by atoms with van der Waals surface area (Å²) in [6.07, 6.45) is 0.857. The second-order valence-corrected chi connectivity index (χ2v) is 5.06. The van der Waals surface area contributed by atoms with Crippen LogP contribution in [0.3, 0.4) is 0 Å². The number of methoxy groups -OCH3 is 1. The Balaban J connectivity index is 2.59. The molecule has 2 rings (SSSR count). The van der Waals surface area contributed by atoms with Crippen molar-refractivity contribution in [3.8, 4) is 17.2 Å². The molecule has 1 aliphatic rings. The SMILES string of the molecule is COc1ccc2c(c1C(C)(C)CO)OCCCO2. The molecule has 0 saturated heterocycles. The second-order valence-electron chi connectivity index (χ2n) is 5.06. The van der Waals surface area contributed by atoms with Crippen molar-refractivity contribution in [1.29, 1.82) is 0 Å². The molecular weight excluding hydrogens is 232 g/mol. The average molecular weight is 252 g/mol. The van der Waals surface area contributed by atoms with E-state index >= 15 is 0 Å². The minimum atomic E-state index is -0.440. The van der Waals surface area contributed by atoms with Crippen LogP contribution < -0.4 is 14.2 Å². The number of ether oxygens (including phenoxy) is 3. The predicted octanol–water partition coefficient (Wildman–Crippen LogP) is 2.13. The van der Waals surface area contributed by atoms with Crippen LogP contribution >= 0.6 is 0 Å². The molecule has 1 heterocycles. The number of aliphatic hydroxyl groups excluding tert-OH is 1. The third-order valence-electron chi connectivity index (χ3n) is 3.17. The van der Waals surface area contributed by atoms with Crippen LogP contribution in [0.4, 0.5) is 0 Å². The van der Waals surface area contributed by atoms with Gasteiger partial charge in [0.1, 0.15) is 5.75 Å².